The summed E-state index contributed by atoms with van der Waals surface area (Å²) in [6, 6.07) is -0.459. The standard InChI is InChI=1S/C12H25N3O2/c1-5-8-10(6-2)14-9(4)11(16)15-12(17)13-7-3/h9-10,14H,5-8H2,1-4H3,(H2,13,15,16,17). The Kier molecular flexibility index (Phi) is 8.40. The summed E-state index contributed by atoms with van der Waals surface area (Å²) in [7, 11) is 0. The number of carbonyl (C=O) groups is 2. The van der Waals surface area contributed by atoms with E-state index in [4.69, 9.17) is 0 Å². The molecule has 3 N–H and O–H groups in total. The minimum absolute atomic E-state index is 0.287. The van der Waals surface area contributed by atoms with Gasteiger partial charge in [-0.05, 0) is 26.7 Å². The Morgan fingerprint density at radius 3 is 2.29 bits per heavy atom. The maximum absolute atomic E-state index is 11.6. The average Bonchev–Trinajstić information content (AvgIpc) is 2.28. The van der Waals surface area contributed by atoms with Crippen molar-refractivity contribution in [3.63, 3.8) is 0 Å². The third-order valence-corrected chi connectivity index (χ3v) is 2.58. The third-order valence-electron chi connectivity index (χ3n) is 2.58. The molecule has 2 atom stereocenters. The fraction of sp³-hybridized carbons (Fsp3) is 0.833. The van der Waals surface area contributed by atoms with E-state index in [1.54, 1.807) is 13.8 Å². The Labute approximate surface area is 104 Å². The zero-order chi connectivity index (χ0) is 13.3. The number of hydrogen-bond donors (Lipinski definition) is 3. The van der Waals surface area contributed by atoms with Gasteiger partial charge < -0.3 is 10.6 Å². The molecule has 0 aromatic heterocycles. The molecule has 0 saturated heterocycles. The van der Waals surface area contributed by atoms with Crippen LogP contribution in [0.4, 0.5) is 4.79 Å². The Bertz CT molecular complexity index is 244. The number of imide groups is 1. The van der Waals surface area contributed by atoms with E-state index in [9.17, 15) is 9.59 Å². The number of carbonyl (C=O) groups excluding carboxylic acids is 2. The Balaban J connectivity index is 4.07. The van der Waals surface area contributed by atoms with Crippen molar-refractivity contribution in [1.82, 2.24) is 16.0 Å². The van der Waals surface area contributed by atoms with Crippen LogP contribution in [0.15, 0.2) is 0 Å². The highest BCUT2D eigenvalue weighted by atomic mass is 16.2. The first kappa shape index (κ1) is 15.9. The zero-order valence-electron chi connectivity index (χ0n) is 11.3. The Morgan fingerprint density at radius 1 is 1.18 bits per heavy atom. The van der Waals surface area contributed by atoms with Gasteiger partial charge in [0.05, 0.1) is 6.04 Å². The molecule has 0 heterocycles. The van der Waals surface area contributed by atoms with E-state index in [1.807, 2.05) is 0 Å². The molecule has 0 spiro atoms. The SMILES string of the molecule is CCCC(CC)NC(C)C(=O)NC(=O)NCC. The van der Waals surface area contributed by atoms with Crippen LogP contribution in [0.2, 0.25) is 0 Å². The molecule has 0 aliphatic carbocycles. The lowest BCUT2D eigenvalue weighted by molar-refractivity contribution is -0.121. The fourth-order valence-electron chi connectivity index (χ4n) is 1.61. The molecule has 0 aliphatic rings. The largest absolute Gasteiger partial charge is 0.338 e. The van der Waals surface area contributed by atoms with Crippen LogP contribution in [0.1, 0.15) is 47.0 Å². The zero-order valence-corrected chi connectivity index (χ0v) is 11.3. The van der Waals surface area contributed by atoms with Crippen LogP contribution >= 0.6 is 0 Å². The number of urea groups is 1. The number of rotatable bonds is 7. The van der Waals surface area contributed by atoms with E-state index >= 15 is 0 Å². The van der Waals surface area contributed by atoms with Gasteiger partial charge in [-0.3, -0.25) is 10.1 Å². The molecule has 0 aliphatic heterocycles. The molecule has 0 rings (SSSR count). The van der Waals surface area contributed by atoms with E-state index in [2.05, 4.69) is 29.8 Å². The predicted octanol–water partition coefficient (Wildman–Crippen LogP) is 1.39. The lowest BCUT2D eigenvalue weighted by atomic mass is 10.1. The van der Waals surface area contributed by atoms with Gasteiger partial charge in [0.15, 0.2) is 0 Å². The second-order valence-corrected chi connectivity index (χ2v) is 4.13. The van der Waals surface area contributed by atoms with Crippen molar-refractivity contribution in [3.8, 4) is 0 Å². The van der Waals surface area contributed by atoms with Crippen LogP contribution in [0, 0.1) is 0 Å². The summed E-state index contributed by atoms with van der Waals surface area (Å²) in [5, 5.41) is 8.05. The summed E-state index contributed by atoms with van der Waals surface area (Å²) in [6.45, 7) is 8.28. The van der Waals surface area contributed by atoms with Gasteiger partial charge in [0.2, 0.25) is 5.91 Å². The van der Waals surface area contributed by atoms with Gasteiger partial charge in [-0.2, -0.15) is 0 Å². The van der Waals surface area contributed by atoms with Crippen LogP contribution in [-0.4, -0.2) is 30.6 Å². The molecule has 0 saturated carbocycles. The number of hydrogen-bond acceptors (Lipinski definition) is 3. The smallest absolute Gasteiger partial charge is 0.321 e. The molecule has 0 aromatic carbocycles. The van der Waals surface area contributed by atoms with E-state index in [0.717, 1.165) is 19.3 Å². The molecule has 17 heavy (non-hydrogen) atoms. The monoisotopic (exact) mass is 243 g/mol. The van der Waals surface area contributed by atoms with E-state index < -0.39 is 6.03 Å². The minimum atomic E-state index is -0.435. The summed E-state index contributed by atoms with van der Waals surface area (Å²) < 4.78 is 0. The predicted molar refractivity (Wildman–Crippen MR) is 68.8 cm³/mol. The van der Waals surface area contributed by atoms with E-state index in [1.165, 1.54) is 0 Å². The molecule has 0 radical (unpaired) electrons. The highest BCUT2D eigenvalue weighted by Crippen LogP contribution is 2.02. The van der Waals surface area contributed by atoms with Gasteiger partial charge in [-0.1, -0.05) is 20.3 Å². The molecule has 3 amide bonds. The highest BCUT2D eigenvalue weighted by Gasteiger charge is 2.17. The third kappa shape index (κ3) is 6.94. The lowest BCUT2D eigenvalue weighted by Gasteiger charge is -2.21. The van der Waals surface area contributed by atoms with Crippen molar-refractivity contribution < 1.29 is 9.59 Å². The molecular formula is C12H25N3O2. The lowest BCUT2D eigenvalue weighted by Crippen LogP contribution is -2.50. The number of nitrogens with one attached hydrogen (secondary N) is 3. The summed E-state index contributed by atoms with van der Waals surface area (Å²) in [5.74, 6) is -0.287. The highest BCUT2D eigenvalue weighted by molar-refractivity contribution is 5.96. The molecule has 0 aromatic rings. The second kappa shape index (κ2) is 8.98. The van der Waals surface area contributed by atoms with Crippen molar-refractivity contribution in [1.29, 1.82) is 0 Å². The van der Waals surface area contributed by atoms with Crippen LogP contribution in [0.5, 0.6) is 0 Å². The first-order chi connectivity index (χ1) is 8.04. The molecule has 5 heteroatoms. The minimum Gasteiger partial charge on any atom is -0.338 e. The summed E-state index contributed by atoms with van der Waals surface area (Å²) in [5.41, 5.74) is 0. The van der Waals surface area contributed by atoms with Crippen LogP contribution in [0.25, 0.3) is 0 Å². The van der Waals surface area contributed by atoms with Crippen molar-refractivity contribution in [2.24, 2.45) is 0 Å². The van der Waals surface area contributed by atoms with Crippen molar-refractivity contribution in [2.75, 3.05) is 6.54 Å². The Morgan fingerprint density at radius 2 is 1.82 bits per heavy atom. The summed E-state index contributed by atoms with van der Waals surface area (Å²) in [6.07, 6.45) is 3.10. The van der Waals surface area contributed by atoms with Crippen molar-refractivity contribution in [3.05, 3.63) is 0 Å². The van der Waals surface area contributed by atoms with Gasteiger partial charge in [0, 0.05) is 12.6 Å². The quantitative estimate of drug-likeness (QED) is 0.633. The van der Waals surface area contributed by atoms with E-state index in [0.29, 0.717) is 12.6 Å². The summed E-state index contributed by atoms with van der Waals surface area (Å²) >= 11 is 0. The molecule has 0 bridgehead atoms. The van der Waals surface area contributed by atoms with Crippen molar-refractivity contribution in [2.45, 2.75) is 59.0 Å². The van der Waals surface area contributed by atoms with Crippen LogP contribution in [0.3, 0.4) is 0 Å². The van der Waals surface area contributed by atoms with Crippen molar-refractivity contribution >= 4 is 11.9 Å². The van der Waals surface area contributed by atoms with Gasteiger partial charge in [0.25, 0.3) is 0 Å². The molecule has 0 fully saturated rings. The van der Waals surface area contributed by atoms with Gasteiger partial charge in [0.1, 0.15) is 0 Å². The maximum atomic E-state index is 11.6. The second-order valence-electron chi connectivity index (χ2n) is 4.13. The van der Waals surface area contributed by atoms with Crippen LogP contribution < -0.4 is 16.0 Å². The molecule has 5 nitrogen and oxygen atoms in total. The number of amides is 3. The normalized spacial score (nSPS) is 13.9. The topological polar surface area (TPSA) is 70.2 Å². The fourth-order valence-corrected chi connectivity index (χ4v) is 1.61. The summed E-state index contributed by atoms with van der Waals surface area (Å²) in [4.78, 5) is 22.8. The van der Waals surface area contributed by atoms with E-state index in [-0.39, 0.29) is 11.9 Å². The van der Waals surface area contributed by atoms with Gasteiger partial charge in [-0.25, -0.2) is 4.79 Å². The van der Waals surface area contributed by atoms with Gasteiger partial charge in [-0.15, -0.1) is 0 Å². The van der Waals surface area contributed by atoms with Crippen LogP contribution in [-0.2, 0) is 4.79 Å². The molecular weight excluding hydrogens is 218 g/mol. The average molecular weight is 243 g/mol. The maximum Gasteiger partial charge on any atom is 0.321 e. The first-order valence-corrected chi connectivity index (χ1v) is 6.39. The Hall–Kier alpha value is -1.10. The molecule has 100 valence electrons. The molecule has 2 unspecified atom stereocenters. The van der Waals surface area contributed by atoms with Gasteiger partial charge >= 0.3 is 6.03 Å². The first-order valence-electron chi connectivity index (χ1n) is 6.39.